The first-order chi connectivity index (χ1) is 35.4. The number of rotatable bonds is 20. The minimum Gasteiger partial charge on any atom is -0.493 e. The average molecular weight is 1070 g/mol. The number of carbonyl (C=O) groups is 7. The standard InChI is InChI=1S/C43H56N6O12S.C9H8S.C3H8/c1-6-61-33-19-18-29-10-7-8-11-30(29)37(33)41(56)47-32(22-27-14-16-28(17-15-27)25-62(58,59)60)39(54)45-24-35(51)49-21-20-26(2)38(49)42(57)44-23-34(50)46-31(12-9-13-36(52)53)40(55)48-43(3,4)5;1-7-6-10-9-5-3-2-4-8(7)9;1-3-2/h7-8,10-11,14-19,26,31-32,38H,6,9,12-13,20-25H2,1-5H3,(H,44,57)(H,45,54)(H,46,50)(H,47,56)(H,48,55)(H,52,53)(H,58,59,60);2-6H,1H3;3H2,1-2H3. The van der Waals surface area contributed by atoms with Crippen molar-refractivity contribution in [3.05, 3.63) is 113 Å². The third-order valence-electron chi connectivity index (χ3n) is 11.7. The Morgan fingerprint density at radius 2 is 1.45 bits per heavy atom. The first-order valence-corrected chi connectivity index (χ1v) is 27.5. The van der Waals surface area contributed by atoms with E-state index in [-0.39, 0.29) is 50.3 Å². The van der Waals surface area contributed by atoms with Crippen LogP contribution < -0.4 is 31.3 Å². The van der Waals surface area contributed by atoms with Crippen molar-refractivity contribution in [2.75, 3.05) is 26.2 Å². The Labute approximate surface area is 443 Å². The fourth-order valence-corrected chi connectivity index (χ4v) is 9.80. The molecule has 4 aromatic carbocycles. The number of nitrogens with one attached hydrogen (secondary N) is 5. The maximum Gasteiger partial charge on any atom is 0.303 e. The molecule has 0 bridgehead atoms. The van der Waals surface area contributed by atoms with Crippen molar-refractivity contribution in [1.82, 2.24) is 31.5 Å². The SMILES string of the molecule is CCC.CCOc1ccc2ccccc2c1C(=O)NC(Cc1ccc(CS(=O)(=O)O)cc1)C(=O)NCC(=O)N1CCC(C)C1C(=O)NCC(=O)NC(CCCC(=O)O)C(=O)NC(C)(C)C.Cc1csc2ccccc12. The minimum absolute atomic E-state index is 0.0485. The zero-order valence-electron chi connectivity index (χ0n) is 44.0. The summed E-state index contributed by atoms with van der Waals surface area (Å²) in [5, 5.41) is 27.2. The van der Waals surface area contributed by atoms with Crippen molar-refractivity contribution in [1.29, 1.82) is 0 Å². The first-order valence-electron chi connectivity index (χ1n) is 25.0. The molecule has 2 heterocycles. The Hall–Kier alpha value is -6.90. The molecule has 4 atom stereocenters. The molecule has 6 amide bonds. The molecule has 18 nitrogen and oxygen atoms in total. The molecule has 1 aliphatic heterocycles. The van der Waals surface area contributed by atoms with Crippen molar-refractivity contribution in [3.63, 3.8) is 0 Å². The molecule has 0 aliphatic carbocycles. The minimum atomic E-state index is -4.30. The molecule has 6 rings (SSSR count). The van der Waals surface area contributed by atoms with Gasteiger partial charge in [-0.3, -0.25) is 38.1 Å². The summed E-state index contributed by atoms with van der Waals surface area (Å²) < 4.78 is 39.3. The number of hydrogen-bond donors (Lipinski definition) is 7. The first kappa shape index (κ1) is 60.7. The molecule has 20 heteroatoms. The van der Waals surface area contributed by atoms with E-state index in [9.17, 15) is 46.5 Å². The third kappa shape index (κ3) is 19.4. The molecule has 406 valence electrons. The van der Waals surface area contributed by atoms with Gasteiger partial charge in [-0.05, 0) is 110 Å². The van der Waals surface area contributed by atoms with Crippen LogP contribution >= 0.6 is 11.3 Å². The van der Waals surface area contributed by atoms with Crippen LogP contribution in [0, 0.1) is 12.8 Å². The van der Waals surface area contributed by atoms with E-state index in [1.165, 1.54) is 39.1 Å². The van der Waals surface area contributed by atoms with Gasteiger partial charge in [0, 0.05) is 29.6 Å². The van der Waals surface area contributed by atoms with Gasteiger partial charge in [0.15, 0.2) is 0 Å². The Bertz CT molecular complexity index is 2880. The van der Waals surface area contributed by atoms with Crippen molar-refractivity contribution in [2.24, 2.45) is 5.92 Å². The predicted octanol–water partition coefficient (Wildman–Crippen LogP) is 6.72. The number of carbonyl (C=O) groups excluding carboxylic acids is 6. The van der Waals surface area contributed by atoms with E-state index in [1.807, 2.05) is 23.5 Å². The lowest BCUT2D eigenvalue weighted by Crippen LogP contribution is -2.55. The van der Waals surface area contributed by atoms with Gasteiger partial charge in [-0.2, -0.15) is 8.42 Å². The molecular formula is C55H72N6O12S2. The van der Waals surface area contributed by atoms with E-state index in [0.29, 0.717) is 28.7 Å². The van der Waals surface area contributed by atoms with E-state index in [0.717, 1.165) is 5.39 Å². The Morgan fingerprint density at radius 3 is 2.08 bits per heavy atom. The van der Waals surface area contributed by atoms with Crippen LogP contribution in [0.2, 0.25) is 0 Å². The summed E-state index contributed by atoms with van der Waals surface area (Å²) in [7, 11) is -4.30. The van der Waals surface area contributed by atoms with E-state index in [2.05, 4.69) is 77.0 Å². The van der Waals surface area contributed by atoms with Gasteiger partial charge >= 0.3 is 5.97 Å². The van der Waals surface area contributed by atoms with Crippen molar-refractivity contribution in [3.8, 4) is 5.75 Å². The van der Waals surface area contributed by atoms with Crippen LogP contribution in [0.15, 0.2) is 90.3 Å². The largest absolute Gasteiger partial charge is 0.493 e. The Morgan fingerprint density at radius 1 is 0.813 bits per heavy atom. The number of fused-ring (bicyclic) bond motifs is 2. The highest BCUT2D eigenvalue weighted by atomic mass is 32.2. The van der Waals surface area contributed by atoms with Gasteiger partial charge in [-0.1, -0.05) is 100.0 Å². The molecule has 1 saturated heterocycles. The third-order valence-corrected chi connectivity index (χ3v) is 13.5. The molecule has 1 aliphatic rings. The van der Waals surface area contributed by atoms with Crippen molar-refractivity contribution in [2.45, 2.75) is 123 Å². The molecular weight excluding hydrogens is 1000 g/mol. The van der Waals surface area contributed by atoms with Gasteiger partial charge in [0.2, 0.25) is 29.5 Å². The molecule has 1 fully saturated rings. The van der Waals surface area contributed by atoms with Crippen LogP contribution in [0.5, 0.6) is 5.75 Å². The number of carboxylic acids is 1. The molecule has 0 spiro atoms. The second-order valence-corrected chi connectivity index (χ2v) is 21.7. The van der Waals surface area contributed by atoms with Crippen molar-refractivity contribution >= 4 is 83.7 Å². The average Bonchev–Trinajstić information content (AvgIpc) is 3.93. The van der Waals surface area contributed by atoms with Crippen LogP contribution in [0.25, 0.3) is 20.9 Å². The fraction of sp³-hybridized carbons (Fsp3) is 0.436. The smallest absolute Gasteiger partial charge is 0.303 e. The van der Waals surface area contributed by atoms with Crippen LogP contribution in [0.1, 0.15) is 108 Å². The number of benzene rings is 4. The van der Waals surface area contributed by atoms with Gasteiger partial charge < -0.3 is 41.3 Å². The van der Waals surface area contributed by atoms with E-state index in [4.69, 9.17) is 9.84 Å². The van der Waals surface area contributed by atoms with Gasteiger partial charge in [-0.25, -0.2) is 0 Å². The number of aryl methyl sites for hydroxylation is 1. The number of likely N-dealkylation sites (tertiary alicyclic amines) is 1. The normalized spacial score (nSPS) is 15.0. The predicted molar refractivity (Wildman–Crippen MR) is 291 cm³/mol. The van der Waals surface area contributed by atoms with E-state index < -0.39 is 94.0 Å². The van der Waals surface area contributed by atoms with Crippen LogP contribution in [-0.4, -0.2) is 114 Å². The summed E-state index contributed by atoms with van der Waals surface area (Å²) in [6.45, 7) is 14.6. The summed E-state index contributed by atoms with van der Waals surface area (Å²) in [6.07, 6.45) is 1.57. The summed E-state index contributed by atoms with van der Waals surface area (Å²) in [4.78, 5) is 93.3. The molecule has 5 aromatic rings. The lowest BCUT2D eigenvalue weighted by molar-refractivity contribution is -0.140. The number of ether oxygens (including phenoxy) is 1. The molecule has 0 saturated carbocycles. The van der Waals surface area contributed by atoms with Crippen LogP contribution in [-0.2, 0) is 51.1 Å². The number of amides is 6. The quantitative estimate of drug-likeness (QED) is 0.0401. The lowest BCUT2D eigenvalue weighted by Gasteiger charge is -2.27. The zero-order valence-corrected chi connectivity index (χ0v) is 45.6. The van der Waals surface area contributed by atoms with Crippen LogP contribution in [0.3, 0.4) is 0 Å². The molecule has 7 N–H and O–H groups in total. The second-order valence-electron chi connectivity index (χ2n) is 19.4. The molecule has 4 unspecified atom stereocenters. The van der Waals surface area contributed by atoms with Crippen molar-refractivity contribution < 1.29 is 56.4 Å². The lowest BCUT2D eigenvalue weighted by atomic mass is 10.0. The molecule has 1 aromatic heterocycles. The molecule has 75 heavy (non-hydrogen) atoms. The maximum absolute atomic E-state index is 14.0. The van der Waals surface area contributed by atoms with Gasteiger partial charge in [0.1, 0.15) is 29.6 Å². The highest BCUT2D eigenvalue weighted by molar-refractivity contribution is 7.85. The van der Waals surface area contributed by atoms with E-state index in [1.54, 1.807) is 71.0 Å². The summed E-state index contributed by atoms with van der Waals surface area (Å²) >= 11 is 1.81. The summed E-state index contributed by atoms with van der Waals surface area (Å²) in [5.41, 5.74) is 1.77. The fourth-order valence-electron chi connectivity index (χ4n) is 8.24. The monoisotopic (exact) mass is 1070 g/mol. The zero-order chi connectivity index (χ0) is 55.5. The maximum atomic E-state index is 14.0. The second kappa shape index (κ2) is 28.7. The highest BCUT2D eigenvalue weighted by Crippen LogP contribution is 2.29. The number of thiophene rings is 1. The Kier molecular flexibility index (Phi) is 23.2. The number of carboxylic acid groups (broad SMARTS) is 1. The Balaban J connectivity index is 0.000000811. The molecule has 0 radical (unpaired) electrons. The summed E-state index contributed by atoms with van der Waals surface area (Å²) in [5.74, 6) is -5.50. The number of nitrogens with zero attached hydrogens (tertiary/aromatic N) is 1. The number of hydrogen-bond acceptors (Lipinski definition) is 11. The topological polar surface area (TPSA) is 267 Å². The highest BCUT2D eigenvalue weighted by Gasteiger charge is 2.40. The number of aliphatic carboxylic acids is 1. The van der Waals surface area contributed by atoms with Gasteiger partial charge in [0.05, 0.1) is 25.3 Å². The van der Waals surface area contributed by atoms with Crippen LogP contribution in [0.4, 0.5) is 0 Å². The summed E-state index contributed by atoms with van der Waals surface area (Å²) in [6, 6.07) is 21.8. The van der Waals surface area contributed by atoms with Gasteiger partial charge in [-0.15, -0.1) is 11.3 Å². The van der Waals surface area contributed by atoms with Gasteiger partial charge in [0.25, 0.3) is 16.0 Å². The van der Waals surface area contributed by atoms with E-state index >= 15 is 0 Å².